The molecule has 1 unspecified atom stereocenters. The van der Waals surface area contributed by atoms with Gasteiger partial charge in [0, 0.05) is 31.8 Å². The summed E-state index contributed by atoms with van der Waals surface area (Å²) in [5.74, 6) is -0.134. The number of hydrogen-bond acceptors (Lipinski definition) is 6. The molecule has 2 aromatic carbocycles. The second-order valence-corrected chi connectivity index (χ2v) is 9.09. The lowest BCUT2D eigenvalue weighted by molar-refractivity contribution is -0.120. The van der Waals surface area contributed by atoms with Gasteiger partial charge >= 0.3 is 7.82 Å². The molecule has 0 aliphatic heterocycles. The van der Waals surface area contributed by atoms with Crippen LogP contribution in [0.2, 0.25) is 0 Å². The number of hydrogen-bond donors (Lipinski definition) is 3. The number of phosphoric acid groups is 1. The first kappa shape index (κ1) is 28.6. The highest BCUT2D eigenvalue weighted by Crippen LogP contribution is 2.41. The van der Waals surface area contributed by atoms with Gasteiger partial charge in [-0.3, -0.25) is 18.8 Å². The van der Waals surface area contributed by atoms with Crippen molar-refractivity contribution in [1.29, 1.82) is 0 Å². The number of nitrogens with one attached hydrogen (secondary N) is 1. The third-order valence-electron chi connectivity index (χ3n) is 5.23. The zero-order chi connectivity index (χ0) is 25.7. The van der Waals surface area contributed by atoms with E-state index in [2.05, 4.69) is 14.8 Å². The summed E-state index contributed by atoms with van der Waals surface area (Å²) >= 11 is 0. The number of rotatable bonds is 12. The number of pyridine rings is 1. The third-order valence-corrected chi connectivity index (χ3v) is 6.20. The highest BCUT2D eigenvalue weighted by molar-refractivity contribution is 7.47. The van der Waals surface area contributed by atoms with Gasteiger partial charge in [0.15, 0.2) is 0 Å². The maximum Gasteiger partial charge on any atom is 0.471 e. The lowest BCUT2D eigenvalue weighted by Gasteiger charge is -2.15. The van der Waals surface area contributed by atoms with E-state index < -0.39 is 7.82 Å². The largest absolute Gasteiger partial charge is 0.471 e. The number of carbonyl (C=O) groups excluding carboxylic acids is 1. The molecule has 0 bridgehead atoms. The van der Waals surface area contributed by atoms with Crippen molar-refractivity contribution in [2.45, 2.75) is 39.5 Å². The number of phosphoric ester groups is 1. The van der Waals surface area contributed by atoms with E-state index in [1.54, 1.807) is 6.20 Å². The van der Waals surface area contributed by atoms with Gasteiger partial charge in [0.1, 0.15) is 0 Å². The Bertz CT molecular complexity index is 1120. The first-order valence-electron chi connectivity index (χ1n) is 11.8. The van der Waals surface area contributed by atoms with Gasteiger partial charge in [-0.05, 0) is 41.5 Å². The fourth-order valence-electron chi connectivity index (χ4n) is 3.65. The molecule has 0 aliphatic rings. The molecule has 35 heavy (non-hydrogen) atoms. The van der Waals surface area contributed by atoms with Crippen molar-refractivity contribution in [2.75, 3.05) is 26.9 Å². The molecule has 3 rings (SSSR count). The summed E-state index contributed by atoms with van der Waals surface area (Å²) in [6.07, 6.45) is 3.53. The van der Waals surface area contributed by atoms with Crippen molar-refractivity contribution in [2.24, 2.45) is 0 Å². The van der Waals surface area contributed by atoms with Crippen molar-refractivity contribution < 1.29 is 28.4 Å². The van der Waals surface area contributed by atoms with Crippen LogP contribution in [0.5, 0.6) is 0 Å². The molecule has 3 N–H and O–H groups in total. The summed E-state index contributed by atoms with van der Waals surface area (Å²) in [5, 5.41) is 13.2. The molecular formula is C26H35N2O6P. The fraction of sp³-hybridized carbons (Fsp3) is 0.385. The molecule has 1 atom stereocenters. The molecule has 1 amide bonds. The van der Waals surface area contributed by atoms with E-state index >= 15 is 0 Å². The molecule has 0 spiro atoms. The standard InChI is InChI=1S/C24H29N2O6P.C2H6/c1-31-33(29,30)32-15-6-5-13-25-22(28)16-20-17-26-24-19(12-14-27)10-7-11-21(24)23(20)18-8-3-2-4-9-18;1-2/h2-4,7-11,17,27H,5-6,12-16H2,1H3,(H,25,28)(H,29,30);1-2H3. The predicted molar refractivity (Wildman–Crippen MR) is 138 cm³/mol. The number of carbonyl (C=O) groups is 1. The zero-order valence-corrected chi connectivity index (χ0v) is 21.5. The van der Waals surface area contributed by atoms with Crippen LogP contribution in [0.15, 0.2) is 54.7 Å². The van der Waals surface area contributed by atoms with Crippen LogP contribution in [0, 0.1) is 0 Å². The molecule has 0 saturated heterocycles. The summed E-state index contributed by atoms with van der Waals surface area (Å²) in [7, 11) is -2.85. The van der Waals surface area contributed by atoms with Gasteiger partial charge in [-0.1, -0.05) is 62.4 Å². The van der Waals surface area contributed by atoms with Gasteiger partial charge in [0.05, 0.1) is 18.5 Å². The van der Waals surface area contributed by atoms with Crippen LogP contribution in [0.3, 0.4) is 0 Å². The minimum absolute atomic E-state index is 0.0397. The van der Waals surface area contributed by atoms with Crippen molar-refractivity contribution >= 4 is 24.6 Å². The van der Waals surface area contributed by atoms with E-state index in [1.165, 1.54) is 0 Å². The van der Waals surface area contributed by atoms with Crippen molar-refractivity contribution in [3.8, 4) is 11.1 Å². The smallest absolute Gasteiger partial charge is 0.396 e. The van der Waals surface area contributed by atoms with Crippen LogP contribution >= 0.6 is 7.82 Å². The highest BCUT2D eigenvalue weighted by Gasteiger charge is 2.18. The van der Waals surface area contributed by atoms with Crippen LogP contribution in [0.25, 0.3) is 22.0 Å². The van der Waals surface area contributed by atoms with Gasteiger partial charge in [0.2, 0.25) is 5.91 Å². The Labute approximate surface area is 206 Å². The summed E-state index contributed by atoms with van der Waals surface area (Å²) in [6, 6.07) is 15.8. The number of amides is 1. The Morgan fingerprint density at radius 1 is 1.06 bits per heavy atom. The normalized spacial score (nSPS) is 12.5. The Hall–Kier alpha value is -2.61. The van der Waals surface area contributed by atoms with Gasteiger partial charge in [-0.2, -0.15) is 0 Å². The number of aromatic nitrogens is 1. The monoisotopic (exact) mass is 502 g/mol. The van der Waals surface area contributed by atoms with E-state index in [-0.39, 0.29) is 25.5 Å². The number of unbranched alkanes of at least 4 members (excludes halogenated alkanes) is 1. The van der Waals surface area contributed by atoms with E-state index in [9.17, 15) is 19.4 Å². The summed E-state index contributed by atoms with van der Waals surface area (Å²) in [5.41, 5.74) is 4.56. The molecule has 1 heterocycles. The first-order chi connectivity index (χ1) is 16.9. The number of fused-ring (bicyclic) bond motifs is 1. The third kappa shape index (κ3) is 8.53. The minimum atomic E-state index is -3.96. The molecule has 0 radical (unpaired) electrons. The van der Waals surface area contributed by atoms with Gasteiger partial charge < -0.3 is 15.3 Å². The predicted octanol–water partition coefficient (Wildman–Crippen LogP) is 4.67. The maximum atomic E-state index is 12.6. The molecule has 8 nitrogen and oxygen atoms in total. The van der Waals surface area contributed by atoms with Crippen molar-refractivity contribution in [3.05, 3.63) is 65.9 Å². The van der Waals surface area contributed by atoms with Crippen molar-refractivity contribution in [1.82, 2.24) is 10.3 Å². The van der Waals surface area contributed by atoms with Crippen LogP contribution in [0.4, 0.5) is 0 Å². The molecular weight excluding hydrogens is 467 g/mol. The van der Waals surface area contributed by atoms with Crippen LogP contribution in [0.1, 0.15) is 37.8 Å². The van der Waals surface area contributed by atoms with E-state index in [0.717, 1.165) is 40.3 Å². The van der Waals surface area contributed by atoms with Crippen LogP contribution in [-0.2, 0) is 31.2 Å². The van der Waals surface area contributed by atoms with Gasteiger partial charge in [-0.25, -0.2) is 4.57 Å². The van der Waals surface area contributed by atoms with Gasteiger partial charge in [-0.15, -0.1) is 0 Å². The van der Waals surface area contributed by atoms with Crippen molar-refractivity contribution in [3.63, 3.8) is 0 Å². The highest BCUT2D eigenvalue weighted by atomic mass is 31.2. The summed E-state index contributed by atoms with van der Waals surface area (Å²) < 4.78 is 20.4. The Balaban J connectivity index is 0.00000210. The molecule has 0 fully saturated rings. The van der Waals surface area contributed by atoms with E-state index in [4.69, 9.17) is 4.52 Å². The van der Waals surface area contributed by atoms with E-state index in [1.807, 2.05) is 62.4 Å². The molecule has 9 heteroatoms. The Morgan fingerprint density at radius 3 is 2.49 bits per heavy atom. The number of benzene rings is 2. The zero-order valence-electron chi connectivity index (χ0n) is 20.6. The fourth-order valence-corrected chi connectivity index (χ4v) is 4.12. The first-order valence-corrected chi connectivity index (χ1v) is 13.3. The number of nitrogens with zero attached hydrogens (tertiary/aromatic N) is 1. The lowest BCUT2D eigenvalue weighted by Crippen LogP contribution is -2.26. The quantitative estimate of drug-likeness (QED) is 0.243. The number of aliphatic hydroxyl groups excluding tert-OH is 1. The summed E-state index contributed by atoms with van der Waals surface area (Å²) in [6.45, 7) is 4.53. The maximum absolute atomic E-state index is 12.6. The lowest BCUT2D eigenvalue weighted by atomic mass is 9.93. The second kappa shape index (κ2) is 14.7. The van der Waals surface area contributed by atoms with Crippen LogP contribution < -0.4 is 5.32 Å². The molecule has 190 valence electrons. The Morgan fingerprint density at radius 2 is 1.80 bits per heavy atom. The average Bonchev–Trinajstić information content (AvgIpc) is 2.88. The Kier molecular flexibility index (Phi) is 12.0. The SMILES string of the molecule is CC.COP(=O)(O)OCCCCNC(=O)Cc1cnc2c(CCO)cccc2c1-c1ccccc1. The van der Waals surface area contributed by atoms with E-state index in [0.29, 0.717) is 25.8 Å². The molecule has 3 aromatic rings. The number of para-hydroxylation sites is 1. The number of aliphatic hydroxyl groups is 1. The molecule has 0 aliphatic carbocycles. The van der Waals surface area contributed by atoms with Crippen LogP contribution in [-0.4, -0.2) is 47.8 Å². The topological polar surface area (TPSA) is 118 Å². The average molecular weight is 503 g/mol. The van der Waals surface area contributed by atoms with Gasteiger partial charge in [0.25, 0.3) is 0 Å². The molecule has 0 saturated carbocycles. The summed E-state index contributed by atoms with van der Waals surface area (Å²) in [4.78, 5) is 26.5. The second-order valence-electron chi connectivity index (χ2n) is 7.53. The molecule has 1 aromatic heterocycles. The minimum Gasteiger partial charge on any atom is -0.396 e.